The average Bonchev–Trinajstić information content (AvgIpc) is 2.97. The van der Waals surface area contributed by atoms with Gasteiger partial charge < -0.3 is 5.32 Å². The van der Waals surface area contributed by atoms with E-state index in [0.29, 0.717) is 37.1 Å². The second-order valence-corrected chi connectivity index (χ2v) is 8.27. The van der Waals surface area contributed by atoms with Crippen LogP contribution in [-0.2, 0) is 14.8 Å². The van der Waals surface area contributed by atoms with Gasteiger partial charge in [-0.15, -0.1) is 0 Å². The number of benzene rings is 1. The van der Waals surface area contributed by atoms with E-state index in [9.17, 15) is 18.0 Å². The lowest BCUT2D eigenvalue weighted by Crippen LogP contribution is -2.44. The Morgan fingerprint density at radius 1 is 1.38 bits per heavy atom. The van der Waals surface area contributed by atoms with Crippen molar-refractivity contribution >= 4 is 39.0 Å². The number of nitrogens with one attached hydrogen (secondary N) is 1. The summed E-state index contributed by atoms with van der Waals surface area (Å²) in [5, 5.41) is 2.95. The van der Waals surface area contributed by atoms with Gasteiger partial charge in [-0.25, -0.2) is 8.42 Å². The maximum absolute atomic E-state index is 12.5. The summed E-state index contributed by atoms with van der Waals surface area (Å²) < 4.78 is 25.8. The van der Waals surface area contributed by atoms with Gasteiger partial charge in [-0.2, -0.15) is 4.31 Å². The number of sulfonamides is 1. The number of rotatable bonds is 6. The predicted molar refractivity (Wildman–Crippen MR) is 93.9 cm³/mol. The van der Waals surface area contributed by atoms with E-state index in [1.54, 1.807) is 19.1 Å². The van der Waals surface area contributed by atoms with Gasteiger partial charge >= 0.3 is 0 Å². The summed E-state index contributed by atoms with van der Waals surface area (Å²) >= 11 is 6.03. The number of amides is 1. The lowest BCUT2D eigenvalue weighted by atomic mass is 10.1. The average molecular weight is 373 g/mol. The Kier molecular flexibility index (Phi) is 6.01. The highest BCUT2D eigenvalue weighted by Gasteiger charge is 2.38. The number of carbonyl (C=O) groups is 2. The molecular weight excluding hydrogens is 352 g/mol. The molecule has 1 fully saturated rings. The predicted octanol–water partition coefficient (Wildman–Crippen LogP) is 2.69. The minimum Gasteiger partial charge on any atom is -0.325 e. The number of hydrogen-bond donors (Lipinski definition) is 1. The summed E-state index contributed by atoms with van der Waals surface area (Å²) in [5.41, 5.74) is 0.817. The first kappa shape index (κ1) is 18.9. The van der Waals surface area contributed by atoms with Crippen molar-refractivity contribution in [2.75, 3.05) is 17.6 Å². The van der Waals surface area contributed by atoms with Crippen molar-refractivity contribution in [2.24, 2.45) is 0 Å². The zero-order valence-electron chi connectivity index (χ0n) is 13.7. The van der Waals surface area contributed by atoms with E-state index in [1.807, 2.05) is 0 Å². The van der Waals surface area contributed by atoms with Crippen LogP contribution in [0.4, 0.5) is 5.69 Å². The van der Waals surface area contributed by atoms with Crippen LogP contribution in [0.2, 0.25) is 5.02 Å². The topological polar surface area (TPSA) is 83.6 Å². The van der Waals surface area contributed by atoms with Crippen molar-refractivity contribution in [2.45, 2.75) is 39.2 Å². The molecule has 1 amide bonds. The molecule has 0 aliphatic carbocycles. The summed E-state index contributed by atoms with van der Waals surface area (Å²) in [6, 6.07) is 3.92. The Balaban J connectivity index is 2.14. The summed E-state index contributed by atoms with van der Waals surface area (Å²) in [6.45, 7) is 3.57. The number of halogens is 1. The highest BCUT2D eigenvalue weighted by atomic mass is 35.5. The third kappa shape index (κ3) is 4.15. The van der Waals surface area contributed by atoms with Crippen LogP contribution in [0.1, 0.15) is 43.5 Å². The molecule has 1 aliphatic heterocycles. The lowest BCUT2D eigenvalue weighted by Gasteiger charge is -2.23. The number of Topliss-reactive ketones (excluding diaryl/α,β-unsaturated/α-hetero) is 1. The summed E-state index contributed by atoms with van der Waals surface area (Å²) in [6.07, 6.45) is 1.66. The van der Waals surface area contributed by atoms with E-state index in [-0.39, 0.29) is 22.5 Å². The quantitative estimate of drug-likeness (QED) is 0.778. The molecule has 0 radical (unpaired) electrons. The van der Waals surface area contributed by atoms with Crippen LogP contribution in [-0.4, -0.2) is 42.8 Å². The van der Waals surface area contributed by atoms with Crippen molar-refractivity contribution in [1.29, 1.82) is 0 Å². The van der Waals surface area contributed by atoms with Gasteiger partial charge in [0.1, 0.15) is 6.04 Å². The van der Waals surface area contributed by atoms with Gasteiger partial charge in [0, 0.05) is 17.8 Å². The molecule has 1 aromatic rings. The van der Waals surface area contributed by atoms with E-state index in [2.05, 4.69) is 5.32 Å². The van der Waals surface area contributed by atoms with Gasteiger partial charge in [0.15, 0.2) is 5.78 Å². The summed E-state index contributed by atoms with van der Waals surface area (Å²) in [4.78, 5) is 23.9. The standard InChI is InChI=1S/C16H21ClN2O4S/c1-3-9-24(22,23)19-8-4-5-15(19)16(21)18-12-6-7-13(11(2)20)14(17)10-12/h6-7,10,15H,3-5,8-9H2,1-2H3,(H,18,21)/t15-/m0/s1. The van der Waals surface area contributed by atoms with Crippen molar-refractivity contribution < 1.29 is 18.0 Å². The molecule has 2 rings (SSSR count). The zero-order valence-corrected chi connectivity index (χ0v) is 15.3. The fourth-order valence-corrected chi connectivity index (χ4v) is 4.87. The molecule has 1 aliphatic rings. The fourth-order valence-electron chi connectivity index (χ4n) is 2.81. The van der Waals surface area contributed by atoms with Crippen molar-refractivity contribution in [1.82, 2.24) is 4.31 Å². The molecule has 0 saturated carbocycles. The molecule has 8 heteroatoms. The molecule has 0 spiro atoms. The Bertz CT molecular complexity index is 748. The summed E-state index contributed by atoms with van der Waals surface area (Å²) in [5.74, 6) is -0.500. The first-order valence-corrected chi connectivity index (χ1v) is 9.86. The Morgan fingerprint density at radius 2 is 2.08 bits per heavy atom. The first-order chi connectivity index (χ1) is 11.3. The minimum atomic E-state index is -3.42. The molecule has 0 bridgehead atoms. The molecule has 1 atom stereocenters. The van der Waals surface area contributed by atoms with Crippen LogP contribution < -0.4 is 5.32 Å². The maximum atomic E-state index is 12.5. The lowest BCUT2D eigenvalue weighted by molar-refractivity contribution is -0.119. The second kappa shape index (κ2) is 7.63. The van der Waals surface area contributed by atoms with E-state index in [1.165, 1.54) is 17.3 Å². The van der Waals surface area contributed by atoms with E-state index < -0.39 is 16.1 Å². The van der Waals surface area contributed by atoms with Crippen LogP contribution in [0.15, 0.2) is 18.2 Å². The summed E-state index contributed by atoms with van der Waals surface area (Å²) in [7, 11) is -3.42. The molecular formula is C16H21ClN2O4S. The number of nitrogens with zero attached hydrogens (tertiary/aromatic N) is 1. The molecule has 1 N–H and O–H groups in total. The minimum absolute atomic E-state index is 0.0376. The van der Waals surface area contributed by atoms with Crippen LogP contribution in [0.5, 0.6) is 0 Å². The van der Waals surface area contributed by atoms with Crippen LogP contribution in [0.25, 0.3) is 0 Å². The Morgan fingerprint density at radius 3 is 2.67 bits per heavy atom. The van der Waals surface area contributed by atoms with E-state index in [0.717, 1.165) is 0 Å². The van der Waals surface area contributed by atoms with Gasteiger partial charge in [0.25, 0.3) is 0 Å². The van der Waals surface area contributed by atoms with Gasteiger partial charge in [0.2, 0.25) is 15.9 Å². The van der Waals surface area contributed by atoms with Gasteiger partial charge in [-0.3, -0.25) is 9.59 Å². The van der Waals surface area contributed by atoms with Crippen molar-refractivity contribution in [3.63, 3.8) is 0 Å². The smallest absolute Gasteiger partial charge is 0.242 e. The molecule has 1 aromatic carbocycles. The number of ketones is 1. The largest absolute Gasteiger partial charge is 0.325 e. The highest BCUT2D eigenvalue weighted by molar-refractivity contribution is 7.89. The molecule has 0 unspecified atom stereocenters. The van der Waals surface area contributed by atoms with Crippen molar-refractivity contribution in [3.05, 3.63) is 28.8 Å². The Hall–Kier alpha value is -1.44. The number of hydrogen-bond acceptors (Lipinski definition) is 4. The Labute approximate surface area is 147 Å². The highest BCUT2D eigenvalue weighted by Crippen LogP contribution is 2.25. The molecule has 1 heterocycles. The number of anilines is 1. The monoisotopic (exact) mass is 372 g/mol. The zero-order chi connectivity index (χ0) is 17.9. The SMILES string of the molecule is CCCS(=O)(=O)N1CCC[C@H]1C(=O)Nc1ccc(C(C)=O)c(Cl)c1. The molecule has 24 heavy (non-hydrogen) atoms. The van der Waals surface area contributed by atoms with Crippen LogP contribution >= 0.6 is 11.6 Å². The molecule has 0 aromatic heterocycles. The maximum Gasteiger partial charge on any atom is 0.242 e. The van der Waals surface area contributed by atoms with Gasteiger partial charge in [0.05, 0.1) is 10.8 Å². The first-order valence-electron chi connectivity index (χ1n) is 7.87. The molecule has 132 valence electrons. The van der Waals surface area contributed by atoms with Crippen molar-refractivity contribution in [3.8, 4) is 0 Å². The van der Waals surface area contributed by atoms with Crippen LogP contribution in [0.3, 0.4) is 0 Å². The van der Waals surface area contributed by atoms with Gasteiger partial charge in [-0.05, 0) is 44.4 Å². The third-order valence-corrected chi connectivity index (χ3v) is 6.33. The van der Waals surface area contributed by atoms with E-state index in [4.69, 9.17) is 11.6 Å². The van der Waals surface area contributed by atoms with Crippen LogP contribution in [0, 0.1) is 0 Å². The van der Waals surface area contributed by atoms with Gasteiger partial charge in [-0.1, -0.05) is 18.5 Å². The second-order valence-electron chi connectivity index (χ2n) is 5.82. The number of carbonyl (C=O) groups excluding carboxylic acids is 2. The van der Waals surface area contributed by atoms with E-state index >= 15 is 0 Å². The molecule has 6 nitrogen and oxygen atoms in total. The third-order valence-electron chi connectivity index (χ3n) is 3.94. The normalized spacial score (nSPS) is 18.5. The fraction of sp³-hybridized carbons (Fsp3) is 0.500. The molecule has 1 saturated heterocycles.